The fraction of sp³-hybridized carbons (Fsp3) is 0.688. The Morgan fingerprint density at radius 2 is 2.05 bits per heavy atom. The zero-order valence-electron chi connectivity index (χ0n) is 12.3. The summed E-state index contributed by atoms with van der Waals surface area (Å²) in [5.74, 6) is 0.887. The summed E-state index contributed by atoms with van der Waals surface area (Å²) >= 11 is 0. The zero-order valence-corrected chi connectivity index (χ0v) is 12.3. The molecule has 0 radical (unpaired) electrons. The van der Waals surface area contributed by atoms with Gasteiger partial charge in [0.25, 0.3) is 0 Å². The smallest absolute Gasteiger partial charge is 0.0416 e. The lowest BCUT2D eigenvalue weighted by atomic mass is 9.86. The Balaban J connectivity index is 1.66. The van der Waals surface area contributed by atoms with Crippen LogP contribution in [0.1, 0.15) is 31.4 Å². The molecule has 1 heterocycles. The number of likely N-dealkylation sites (N-methyl/N-ethyl adjacent to an activating group) is 1. The molecule has 3 nitrogen and oxygen atoms in total. The lowest BCUT2D eigenvalue weighted by Gasteiger charge is -2.31. The van der Waals surface area contributed by atoms with Gasteiger partial charge in [-0.3, -0.25) is 4.98 Å². The number of nitrogens with one attached hydrogen (secondary N) is 1. The topological polar surface area (TPSA) is 28.2 Å². The molecular formula is C16H27N3. The van der Waals surface area contributed by atoms with E-state index in [-0.39, 0.29) is 0 Å². The van der Waals surface area contributed by atoms with Gasteiger partial charge < -0.3 is 10.2 Å². The van der Waals surface area contributed by atoms with E-state index in [1.165, 1.54) is 37.9 Å². The zero-order chi connectivity index (χ0) is 13.5. The minimum absolute atomic E-state index is 0.759. The molecule has 0 saturated heterocycles. The quantitative estimate of drug-likeness (QED) is 0.852. The second kappa shape index (κ2) is 7.61. The summed E-state index contributed by atoms with van der Waals surface area (Å²) in [6.45, 7) is 2.35. The Hall–Kier alpha value is -0.930. The molecule has 1 aliphatic rings. The highest BCUT2D eigenvalue weighted by molar-refractivity contribution is 5.03. The third-order valence-corrected chi connectivity index (χ3v) is 4.30. The van der Waals surface area contributed by atoms with Crippen molar-refractivity contribution in [1.29, 1.82) is 0 Å². The molecule has 106 valence electrons. The fourth-order valence-corrected chi connectivity index (χ4v) is 3.02. The van der Waals surface area contributed by atoms with Crippen molar-refractivity contribution in [2.45, 2.75) is 38.1 Å². The van der Waals surface area contributed by atoms with Crippen LogP contribution >= 0.6 is 0 Å². The van der Waals surface area contributed by atoms with Crippen LogP contribution in [0, 0.1) is 5.92 Å². The van der Waals surface area contributed by atoms with Crippen molar-refractivity contribution in [2.75, 3.05) is 27.2 Å². The van der Waals surface area contributed by atoms with E-state index in [0.29, 0.717) is 0 Å². The molecule has 1 saturated carbocycles. The van der Waals surface area contributed by atoms with Crippen molar-refractivity contribution in [3.8, 4) is 0 Å². The minimum atomic E-state index is 0.759. The van der Waals surface area contributed by atoms with Crippen molar-refractivity contribution < 1.29 is 0 Å². The summed E-state index contributed by atoms with van der Waals surface area (Å²) in [7, 11) is 4.33. The Kier molecular flexibility index (Phi) is 5.80. The number of hydrogen-bond acceptors (Lipinski definition) is 3. The molecule has 0 bridgehead atoms. The Morgan fingerprint density at radius 1 is 1.26 bits per heavy atom. The molecule has 0 spiro atoms. The standard InChI is InChI=1S/C16H27N3/c1-17-15-8-6-14(7-9-15)13-19(2)12-10-16-5-3-4-11-18-16/h3-5,11,14-15,17H,6-10,12-13H2,1-2H3. The van der Waals surface area contributed by atoms with Crippen molar-refractivity contribution >= 4 is 0 Å². The van der Waals surface area contributed by atoms with Crippen LogP contribution in [0.25, 0.3) is 0 Å². The van der Waals surface area contributed by atoms with E-state index in [4.69, 9.17) is 0 Å². The van der Waals surface area contributed by atoms with Crippen LogP contribution < -0.4 is 5.32 Å². The van der Waals surface area contributed by atoms with E-state index in [1.54, 1.807) is 0 Å². The van der Waals surface area contributed by atoms with E-state index in [9.17, 15) is 0 Å². The molecule has 0 unspecified atom stereocenters. The first-order valence-corrected chi connectivity index (χ1v) is 7.53. The van der Waals surface area contributed by atoms with Crippen molar-refractivity contribution in [3.63, 3.8) is 0 Å². The summed E-state index contributed by atoms with van der Waals surface area (Å²) < 4.78 is 0. The van der Waals surface area contributed by atoms with E-state index >= 15 is 0 Å². The highest BCUT2D eigenvalue weighted by atomic mass is 15.1. The number of hydrogen-bond donors (Lipinski definition) is 1. The molecule has 0 amide bonds. The van der Waals surface area contributed by atoms with Crippen LogP contribution in [0.2, 0.25) is 0 Å². The Morgan fingerprint density at radius 3 is 2.68 bits per heavy atom. The lowest BCUT2D eigenvalue weighted by molar-refractivity contribution is 0.217. The van der Waals surface area contributed by atoms with Gasteiger partial charge in [-0.05, 0) is 57.8 Å². The maximum Gasteiger partial charge on any atom is 0.0416 e. The predicted molar refractivity (Wildman–Crippen MR) is 80.2 cm³/mol. The predicted octanol–water partition coefficient (Wildman–Crippen LogP) is 2.33. The highest BCUT2D eigenvalue weighted by Gasteiger charge is 2.20. The molecular weight excluding hydrogens is 234 g/mol. The van der Waals surface area contributed by atoms with Crippen molar-refractivity contribution in [3.05, 3.63) is 30.1 Å². The van der Waals surface area contributed by atoms with Gasteiger partial charge in [-0.2, -0.15) is 0 Å². The first-order valence-electron chi connectivity index (χ1n) is 7.53. The van der Waals surface area contributed by atoms with Gasteiger partial charge in [-0.25, -0.2) is 0 Å². The highest BCUT2D eigenvalue weighted by Crippen LogP contribution is 2.24. The number of pyridine rings is 1. The van der Waals surface area contributed by atoms with Crippen molar-refractivity contribution in [2.24, 2.45) is 5.92 Å². The Labute approximate surface area is 117 Å². The van der Waals surface area contributed by atoms with Crippen LogP contribution in [0.5, 0.6) is 0 Å². The second-order valence-electron chi connectivity index (χ2n) is 5.84. The van der Waals surface area contributed by atoms with E-state index in [1.807, 2.05) is 12.3 Å². The molecule has 19 heavy (non-hydrogen) atoms. The second-order valence-corrected chi connectivity index (χ2v) is 5.84. The largest absolute Gasteiger partial charge is 0.317 e. The van der Waals surface area contributed by atoms with Crippen LogP contribution in [0.3, 0.4) is 0 Å². The molecule has 1 aromatic heterocycles. The molecule has 0 atom stereocenters. The van der Waals surface area contributed by atoms with Gasteiger partial charge in [0.1, 0.15) is 0 Å². The van der Waals surface area contributed by atoms with Crippen LogP contribution in [0.4, 0.5) is 0 Å². The maximum atomic E-state index is 4.38. The maximum absolute atomic E-state index is 4.38. The number of nitrogens with zero attached hydrogens (tertiary/aromatic N) is 2. The van der Waals surface area contributed by atoms with Gasteiger partial charge >= 0.3 is 0 Å². The molecule has 1 aliphatic carbocycles. The molecule has 1 fully saturated rings. The third kappa shape index (κ3) is 4.92. The van der Waals surface area contributed by atoms with Crippen LogP contribution in [0.15, 0.2) is 24.4 Å². The number of aromatic nitrogens is 1. The fourth-order valence-electron chi connectivity index (χ4n) is 3.02. The van der Waals surface area contributed by atoms with Gasteiger partial charge in [0, 0.05) is 37.4 Å². The van der Waals surface area contributed by atoms with Crippen LogP contribution in [-0.2, 0) is 6.42 Å². The molecule has 3 heteroatoms. The number of rotatable bonds is 6. The van der Waals surface area contributed by atoms with Crippen LogP contribution in [-0.4, -0.2) is 43.1 Å². The average molecular weight is 261 g/mol. The van der Waals surface area contributed by atoms with E-state index < -0.39 is 0 Å². The first kappa shape index (κ1) is 14.5. The summed E-state index contributed by atoms with van der Waals surface area (Å²) in [4.78, 5) is 6.85. The van der Waals surface area contributed by atoms with Gasteiger partial charge in [0.05, 0.1) is 0 Å². The average Bonchev–Trinajstić information content (AvgIpc) is 2.47. The monoisotopic (exact) mass is 261 g/mol. The minimum Gasteiger partial charge on any atom is -0.317 e. The molecule has 2 rings (SSSR count). The summed E-state index contributed by atoms with van der Waals surface area (Å²) in [5.41, 5.74) is 1.20. The molecule has 1 aromatic rings. The summed E-state index contributed by atoms with van der Waals surface area (Å²) in [6.07, 6.45) is 8.38. The lowest BCUT2D eigenvalue weighted by Crippen LogP contribution is -2.35. The summed E-state index contributed by atoms with van der Waals surface area (Å²) in [6, 6.07) is 6.93. The van der Waals surface area contributed by atoms with Gasteiger partial charge in [-0.15, -0.1) is 0 Å². The SMILES string of the molecule is CNC1CCC(CN(C)CCc2ccccn2)CC1. The summed E-state index contributed by atoms with van der Waals surface area (Å²) in [5, 5.41) is 3.40. The third-order valence-electron chi connectivity index (χ3n) is 4.30. The van der Waals surface area contributed by atoms with Gasteiger partial charge in [-0.1, -0.05) is 6.07 Å². The van der Waals surface area contributed by atoms with E-state index in [2.05, 4.69) is 41.4 Å². The van der Waals surface area contributed by atoms with Gasteiger partial charge in [0.15, 0.2) is 0 Å². The van der Waals surface area contributed by atoms with E-state index in [0.717, 1.165) is 24.9 Å². The molecule has 0 aromatic carbocycles. The molecule has 0 aliphatic heterocycles. The van der Waals surface area contributed by atoms with Gasteiger partial charge in [0.2, 0.25) is 0 Å². The normalized spacial score (nSPS) is 23.7. The van der Waals surface area contributed by atoms with Crippen molar-refractivity contribution in [1.82, 2.24) is 15.2 Å². The first-order chi connectivity index (χ1) is 9.28. The molecule has 1 N–H and O–H groups in total. The Bertz CT molecular complexity index is 344.